The highest BCUT2D eigenvalue weighted by Gasteiger charge is 2.32. The fraction of sp³-hybridized carbons (Fsp3) is 0.579. The van der Waals surface area contributed by atoms with Crippen molar-refractivity contribution in [3.8, 4) is 0 Å². The Morgan fingerprint density at radius 3 is 2.52 bits per heavy atom. The van der Waals surface area contributed by atoms with E-state index < -0.39 is 12.0 Å². The van der Waals surface area contributed by atoms with Gasteiger partial charge in [-0.1, -0.05) is 32.4 Å². The van der Waals surface area contributed by atoms with E-state index in [1.165, 1.54) is 13.2 Å². The summed E-state index contributed by atoms with van der Waals surface area (Å²) in [5.41, 5.74) is 0.649. The van der Waals surface area contributed by atoms with Gasteiger partial charge in [0.05, 0.1) is 12.0 Å². The number of carbonyl (C=O) groups is 2. The van der Waals surface area contributed by atoms with E-state index in [1.807, 2.05) is 18.7 Å². The van der Waals surface area contributed by atoms with Gasteiger partial charge < -0.3 is 15.0 Å². The van der Waals surface area contributed by atoms with Gasteiger partial charge in [0.1, 0.15) is 11.7 Å². The van der Waals surface area contributed by atoms with Gasteiger partial charge in [-0.3, -0.25) is 14.9 Å². The van der Waals surface area contributed by atoms with E-state index in [0.29, 0.717) is 31.6 Å². The van der Waals surface area contributed by atoms with E-state index in [9.17, 15) is 19.7 Å². The van der Waals surface area contributed by atoms with Gasteiger partial charge in [-0.15, -0.1) is 0 Å². The summed E-state index contributed by atoms with van der Waals surface area (Å²) in [5, 5.41) is 14.0. The number of rotatable bonds is 7. The molecule has 0 spiro atoms. The monoisotopic (exact) mass is 377 g/mol. The molecule has 1 aromatic rings. The molecule has 27 heavy (non-hydrogen) atoms. The summed E-state index contributed by atoms with van der Waals surface area (Å²) >= 11 is 0. The van der Waals surface area contributed by atoms with Crippen molar-refractivity contribution >= 4 is 23.3 Å². The first kappa shape index (κ1) is 20.7. The molecule has 0 aromatic heterocycles. The quantitative estimate of drug-likeness (QED) is 0.445. The molecule has 1 saturated heterocycles. The Hall–Kier alpha value is -2.64. The lowest BCUT2D eigenvalue weighted by Gasteiger charge is -2.33. The Morgan fingerprint density at radius 2 is 1.96 bits per heavy atom. The largest absolute Gasteiger partial charge is 0.467 e. The number of nitro groups is 1. The number of nitro benzene ring substituents is 1. The SMILES string of the molecule is CCC(C)C(NC(=O)C1CCN(c2ccccc2[N+](=O)[O-])CC1)C(=O)OC. The van der Waals surface area contributed by atoms with Gasteiger partial charge in [0.2, 0.25) is 5.91 Å². The Balaban J connectivity index is 2.00. The van der Waals surface area contributed by atoms with Crippen molar-refractivity contribution in [3.05, 3.63) is 34.4 Å². The van der Waals surface area contributed by atoms with Gasteiger partial charge in [-0.2, -0.15) is 0 Å². The smallest absolute Gasteiger partial charge is 0.328 e. The molecular formula is C19H27N3O5. The van der Waals surface area contributed by atoms with E-state index in [1.54, 1.807) is 18.2 Å². The van der Waals surface area contributed by atoms with Gasteiger partial charge in [0, 0.05) is 25.1 Å². The lowest BCUT2D eigenvalue weighted by atomic mass is 9.93. The fourth-order valence-corrected chi connectivity index (χ4v) is 3.34. The van der Waals surface area contributed by atoms with Crippen LogP contribution in [0, 0.1) is 22.0 Å². The third kappa shape index (κ3) is 4.96. The van der Waals surface area contributed by atoms with Crippen molar-refractivity contribution < 1.29 is 19.2 Å². The average Bonchev–Trinajstić information content (AvgIpc) is 2.70. The summed E-state index contributed by atoms with van der Waals surface area (Å²) in [6, 6.07) is 5.98. The van der Waals surface area contributed by atoms with Crippen molar-refractivity contribution in [2.45, 2.75) is 39.2 Å². The Bertz CT molecular complexity index is 686. The minimum Gasteiger partial charge on any atom is -0.467 e. The maximum atomic E-state index is 12.6. The second kappa shape index (κ2) is 9.34. The summed E-state index contributed by atoms with van der Waals surface area (Å²) in [6.07, 6.45) is 1.90. The van der Waals surface area contributed by atoms with Crippen LogP contribution in [-0.2, 0) is 14.3 Å². The van der Waals surface area contributed by atoms with Crippen LogP contribution in [0.2, 0.25) is 0 Å². The number of ether oxygens (including phenoxy) is 1. The van der Waals surface area contributed by atoms with Crippen LogP contribution in [0.4, 0.5) is 11.4 Å². The van der Waals surface area contributed by atoms with Gasteiger partial charge in [-0.05, 0) is 24.8 Å². The lowest BCUT2D eigenvalue weighted by molar-refractivity contribution is -0.384. The van der Waals surface area contributed by atoms with E-state index in [2.05, 4.69) is 5.32 Å². The molecule has 148 valence electrons. The van der Waals surface area contributed by atoms with Crippen molar-refractivity contribution in [1.29, 1.82) is 0 Å². The number of anilines is 1. The van der Waals surface area contributed by atoms with Gasteiger partial charge >= 0.3 is 5.97 Å². The zero-order chi connectivity index (χ0) is 20.0. The zero-order valence-corrected chi connectivity index (χ0v) is 16.0. The van der Waals surface area contributed by atoms with Gasteiger partial charge in [-0.25, -0.2) is 4.79 Å². The van der Waals surface area contributed by atoms with Crippen LogP contribution in [0.15, 0.2) is 24.3 Å². The summed E-state index contributed by atoms with van der Waals surface area (Å²) in [5.74, 6) is -0.836. The summed E-state index contributed by atoms with van der Waals surface area (Å²) in [7, 11) is 1.31. The predicted octanol–water partition coefficient (Wildman–Crippen LogP) is 2.52. The maximum Gasteiger partial charge on any atom is 0.328 e. The number of nitrogens with one attached hydrogen (secondary N) is 1. The average molecular weight is 377 g/mol. The first-order valence-corrected chi connectivity index (χ1v) is 9.25. The molecule has 1 aliphatic heterocycles. The molecule has 0 radical (unpaired) electrons. The molecular weight excluding hydrogens is 350 g/mol. The molecule has 8 nitrogen and oxygen atoms in total. The molecule has 0 bridgehead atoms. The van der Waals surface area contributed by atoms with Crippen molar-refractivity contribution in [2.24, 2.45) is 11.8 Å². The normalized spacial score (nSPS) is 17.1. The molecule has 1 aromatic carbocycles. The first-order valence-electron chi connectivity index (χ1n) is 9.25. The Labute approximate surface area is 159 Å². The predicted molar refractivity (Wildman–Crippen MR) is 101 cm³/mol. The highest BCUT2D eigenvalue weighted by atomic mass is 16.6. The zero-order valence-electron chi connectivity index (χ0n) is 16.0. The number of hydrogen-bond donors (Lipinski definition) is 1. The van der Waals surface area contributed by atoms with E-state index >= 15 is 0 Å². The number of para-hydroxylation sites is 2. The van der Waals surface area contributed by atoms with Crippen LogP contribution in [0.3, 0.4) is 0 Å². The second-order valence-corrected chi connectivity index (χ2v) is 6.90. The van der Waals surface area contributed by atoms with Gasteiger partial charge in [0.15, 0.2) is 0 Å². The third-order valence-corrected chi connectivity index (χ3v) is 5.25. The molecule has 1 heterocycles. The molecule has 1 aliphatic rings. The van der Waals surface area contributed by atoms with Crippen molar-refractivity contribution in [1.82, 2.24) is 5.32 Å². The molecule has 2 atom stereocenters. The van der Waals surface area contributed by atoms with Crippen molar-refractivity contribution in [3.63, 3.8) is 0 Å². The maximum absolute atomic E-state index is 12.6. The molecule has 8 heteroatoms. The Kier molecular flexibility index (Phi) is 7.15. The number of amides is 1. The van der Waals surface area contributed by atoms with Crippen LogP contribution in [0.5, 0.6) is 0 Å². The number of esters is 1. The van der Waals surface area contributed by atoms with E-state index in [4.69, 9.17) is 4.74 Å². The lowest BCUT2D eigenvalue weighted by Crippen LogP contribution is -2.49. The molecule has 1 N–H and O–H groups in total. The summed E-state index contributed by atoms with van der Waals surface area (Å²) in [6.45, 7) is 4.96. The number of hydrogen-bond acceptors (Lipinski definition) is 6. The highest BCUT2D eigenvalue weighted by Crippen LogP contribution is 2.31. The number of benzene rings is 1. The molecule has 2 unspecified atom stereocenters. The van der Waals surface area contributed by atoms with Crippen LogP contribution >= 0.6 is 0 Å². The Morgan fingerprint density at radius 1 is 1.33 bits per heavy atom. The first-order chi connectivity index (χ1) is 12.9. The standard InChI is InChI=1S/C19H27N3O5/c1-4-13(2)17(19(24)27-3)20-18(23)14-9-11-21(12-10-14)15-7-5-6-8-16(15)22(25)26/h5-8,13-14,17H,4,9-12H2,1-3H3,(H,20,23). The van der Waals surface area contributed by atoms with Crippen LogP contribution in [-0.4, -0.2) is 43.0 Å². The van der Waals surface area contributed by atoms with E-state index in [0.717, 1.165) is 6.42 Å². The number of methoxy groups -OCH3 is 1. The van der Waals surface area contributed by atoms with Crippen LogP contribution in [0.25, 0.3) is 0 Å². The van der Waals surface area contributed by atoms with Crippen molar-refractivity contribution in [2.75, 3.05) is 25.1 Å². The molecule has 0 aliphatic carbocycles. The molecule has 2 rings (SSSR count). The summed E-state index contributed by atoms with van der Waals surface area (Å²) in [4.78, 5) is 37.3. The third-order valence-electron chi connectivity index (χ3n) is 5.25. The fourth-order valence-electron chi connectivity index (χ4n) is 3.34. The topological polar surface area (TPSA) is 102 Å². The highest BCUT2D eigenvalue weighted by molar-refractivity contribution is 5.86. The van der Waals surface area contributed by atoms with E-state index in [-0.39, 0.29) is 28.4 Å². The van der Waals surface area contributed by atoms with Gasteiger partial charge in [0.25, 0.3) is 5.69 Å². The van der Waals surface area contributed by atoms with Crippen LogP contribution < -0.4 is 10.2 Å². The second-order valence-electron chi connectivity index (χ2n) is 6.90. The minimum absolute atomic E-state index is 0.0199. The number of carbonyl (C=O) groups excluding carboxylic acids is 2. The molecule has 0 saturated carbocycles. The molecule has 1 fully saturated rings. The molecule has 1 amide bonds. The number of nitrogens with zero attached hydrogens (tertiary/aromatic N) is 2. The summed E-state index contributed by atoms with van der Waals surface area (Å²) < 4.78 is 4.81. The minimum atomic E-state index is -0.652. The number of piperidine rings is 1. The van der Waals surface area contributed by atoms with Crippen LogP contribution in [0.1, 0.15) is 33.1 Å².